The highest BCUT2D eigenvalue weighted by molar-refractivity contribution is 5.67. The van der Waals surface area contributed by atoms with Crippen molar-refractivity contribution in [3.63, 3.8) is 0 Å². The van der Waals surface area contributed by atoms with E-state index in [1.54, 1.807) is 0 Å². The smallest absolute Gasteiger partial charge is 0.0925 e. The van der Waals surface area contributed by atoms with Gasteiger partial charge in [-0.1, -0.05) is 78.9 Å². The zero-order valence-electron chi connectivity index (χ0n) is 20.2. The minimum Gasteiger partial charge on any atom is -0.367 e. The SMILES string of the molecule is c1ccc(N(CNc2cccc(NCN(c3ccccc3)c3ccccc3)c2)c2ccccc2)cc1. The zero-order chi connectivity index (χ0) is 24.4. The van der Waals surface area contributed by atoms with E-state index in [2.05, 4.69) is 142 Å². The van der Waals surface area contributed by atoms with Crippen molar-refractivity contribution in [3.05, 3.63) is 146 Å². The van der Waals surface area contributed by atoms with Crippen molar-refractivity contribution in [2.75, 3.05) is 33.8 Å². The number of nitrogens with zero attached hydrogens (tertiary/aromatic N) is 2. The summed E-state index contributed by atoms with van der Waals surface area (Å²) in [5.41, 5.74) is 6.70. The third-order valence-corrected chi connectivity index (χ3v) is 6.02. The summed E-state index contributed by atoms with van der Waals surface area (Å²) in [6.45, 7) is 1.30. The fourth-order valence-corrected chi connectivity index (χ4v) is 4.17. The van der Waals surface area contributed by atoms with Crippen LogP contribution in [0.15, 0.2) is 146 Å². The Bertz CT molecular complexity index is 1140. The second-order valence-corrected chi connectivity index (χ2v) is 8.45. The van der Waals surface area contributed by atoms with Crippen LogP contribution in [-0.4, -0.2) is 13.3 Å². The summed E-state index contributed by atoms with van der Waals surface area (Å²) < 4.78 is 0. The highest BCUT2D eigenvalue weighted by Crippen LogP contribution is 2.27. The van der Waals surface area contributed by atoms with Gasteiger partial charge in [-0.3, -0.25) is 0 Å². The lowest BCUT2D eigenvalue weighted by Crippen LogP contribution is -2.25. The summed E-state index contributed by atoms with van der Waals surface area (Å²) in [5.74, 6) is 0. The van der Waals surface area contributed by atoms with Crippen LogP contribution in [0.5, 0.6) is 0 Å². The first-order valence-electron chi connectivity index (χ1n) is 12.2. The van der Waals surface area contributed by atoms with Crippen molar-refractivity contribution in [3.8, 4) is 0 Å². The molecular formula is C32H30N4. The summed E-state index contributed by atoms with van der Waals surface area (Å²) in [7, 11) is 0. The second kappa shape index (κ2) is 11.6. The largest absolute Gasteiger partial charge is 0.367 e. The third-order valence-electron chi connectivity index (χ3n) is 6.02. The Labute approximate surface area is 213 Å². The molecule has 0 aromatic heterocycles. The average Bonchev–Trinajstić information content (AvgIpc) is 2.96. The molecule has 0 saturated carbocycles. The number of anilines is 6. The van der Waals surface area contributed by atoms with Crippen molar-refractivity contribution in [1.29, 1.82) is 0 Å². The first-order chi connectivity index (χ1) is 17.9. The van der Waals surface area contributed by atoms with E-state index >= 15 is 0 Å². The van der Waals surface area contributed by atoms with Gasteiger partial charge in [-0.15, -0.1) is 0 Å². The molecule has 0 aliphatic heterocycles. The summed E-state index contributed by atoms with van der Waals surface area (Å²) in [6.07, 6.45) is 0. The van der Waals surface area contributed by atoms with Gasteiger partial charge in [-0.2, -0.15) is 0 Å². The van der Waals surface area contributed by atoms with Crippen molar-refractivity contribution in [1.82, 2.24) is 0 Å². The van der Waals surface area contributed by atoms with E-state index in [9.17, 15) is 0 Å². The molecule has 178 valence electrons. The van der Waals surface area contributed by atoms with E-state index in [1.807, 2.05) is 24.3 Å². The Kier molecular flexibility index (Phi) is 7.45. The van der Waals surface area contributed by atoms with Crippen LogP contribution in [0.1, 0.15) is 0 Å². The molecule has 0 aliphatic carbocycles. The molecule has 0 amide bonds. The summed E-state index contributed by atoms with van der Waals surface area (Å²) >= 11 is 0. The number of hydrogen-bond acceptors (Lipinski definition) is 4. The number of rotatable bonds is 10. The van der Waals surface area contributed by atoms with Crippen LogP contribution in [-0.2, 0) is 0 Å². The third kappa shape index (κ3) is 5.86. The first kappa shape index (κ1) is 23.1. The van der Waals surface area contributed by atoms with E-state index in [-0.39, 0.29) is 0 Å². The Morgan fingerprint density at radius 1 is 0.361 bits per heavy atom. The van der Waals surface area contributed by atoms with Crippen LogP contribution in [0, 0.1) is 0 Å². The Balaban J connectivity index is 1.30. The summed E-state index contributed by atoms with van der Waals surface area (Å²) in [5, 5.41) is 7.21. The van der Waals surface area contributed by atoms with Crippen LogP contribution in [0.4, 0.5) is 34.1 Å². The van der Waals surface area contributed by atoms with E-state index in [0.29, 0.717) is 13.3 Å². The zero-order valence-corrected chi connectivity index (χ0v) is 20.2. The van der Waals surface area contributed by atoms with Gasteiger partial charge in [0.15, 0.2) is 0 Å². The molecule has 5 rings (SSSR count). The van der Waals surface area contributed by atoms with Crippen LogP contribution in [0.2, 0.25) is 0 Å². The molecule has 4 heteroatoms. The maximum Gasteiger partial charge on any atom is 0.0925 e. The van der Waals surface area contributed by atoms with Gasteiger partial charge in [-0.25, -0.2) is 0 Å². The molecule has 0 heterocycles. The molecule has 0 spiro atoms. The first-order valence-corrected chi connectivity index (χ1v) is 12.2. The Morgan fingerprint density at radius 2 is 0.667 bits per heavy atom. The van der Waals surface area contributed by atoms with Crippen LogP contribution in [0.3, 0.4) is 0 Å². The number of benzene rings is 5. The molecule has 0 fully saturated rings. The summed E-state index contributed by atoms with van der Waals surface area (Å²) in [4.78, 5) is 4.54. The number of para-hydroxylation sites is 4. The Morgan fingerprint density at radius 3 is 0.972 bits per heavy atom. The average molecular weight is 471 g/mol. The highest BCUT2D eigenvalue weighted by atomic mass is 15.2. The minimum atomic E-state index is 0.650. The highest BCUT2D eigenvalue weighted by Gasteiger charge is 2.10. The van der Waals surface area contributed by atoms with Crippen molar-refractivity contribution >= 4 is 34.1 Å². The lowest BCUT2D eigenvalue weighted by Gasteiger charge is -2.27. The molecule has 4 nitrogen and oxygen atoms in total. The van der Waals surface area contributed by atoms with Crippen molar-refractivity contribution in [2.45, 2.75) is 0 Å². The fraction of sp³-hybridized carbons (Fsp3) is 0.0625. The van der Waals surface area contributed by atoms with E-state index in [1.165, 1.54) is 0 Å². The molecule has 0 unspecified atom stereocenters. The fourth-order valence-electron chi connectivity index (χ4n) is 4.17. The van der Waals surface area contributed by atoms with E-state index in [0.717, 1.165) is 34.1 Å². The van der Waals surface area contributed by atoms with Gasteiger partial charge in [0.1, 0.15) is 0 Å². The molecule has 0 bridgehead atoms. The van der Waals surface area contributed by atoms with Gasteiger partial charge < -0.3 is 20.4 Å². The van der Waals surface area contributed by atoms with Crippen LogP contribution in [0.25, 0.3) is 0 Å². The minimum absolute atomic E-state index is 0.650. The molecule has 0 aliphatic rings. The summed E-state index contributed by atoms with van der Waals surface area (Å²) in [6, 6.07) is 50.3. The molecule has 36 heavy (non-hydrogen) atoms. The van der Waals surface area contributed by atoms with Gasteiger partial charge in [0, 0.05) is 34.1 Å². The van der Waals surface area contributed by atoms with Crippen LogP contribution >= 0.6 is 0 Å². The maximum atomic E-state index is 3.61. The maximum absolute atomic E-state index is 3.61. The molecular weight excluding hydrogens is 440 g/mol. The molecule has 2 N–H and O–H groups in total. The lowest BCUT2D eigenvalue weighted by molar-refractivity contribution is 1.03. The van der Waals surface area contributed by atoms with Gasteiger partial charge in [0.05, 0.1) is 13.3 Å². The lowest BCUT2D eigenvalue weighted by atomic mass is 10.2. The molecule has 5 aromatic rings. The van der Waals surface area contributed by atoms with E-state index in [4.69, 9.17) is 0 Å². The van der Waals surface area contributed by atoms with Gasteiger partial charge in [0.25, 0.3) is 0 Å². The molecule has 5 aromatic carbocycles. The molecule has 0 atom stereocenters. The van der Waals surface area contributed by atoms with Gasteiger partial charge in [0.2, 0.25) is 0 Å². The van der Waals surface area contributed by atoms with Gasteiger partial charge >= 0.3 is 0 Å². The topological polar surface area (TPSA) is 30.5 Å². The predicted octanol–water partition coefficient (Wildman–Crippen LogP) is 8.10. The van der Waals surface area contributed by atoms with Crippen molar-refractivity contribution < 1.29 is 0 Å². The molecule has 0 saturated heterocycles. The van der Waals surface area contributed by atoms with Crippen LogP contribution < -0.4 is 20.4 Å². The normalized spacial score (nSPS) is 10.4. The Hall–Kier alpha value is -4.70. The van der Waals surface area contributed by atoms with Crippen molar-refractivity contribution in [2.24, 2.45) is 0 Å². The molecule has 0 radical (unpaired) electrons. The van der Waals surface area contributed by atoms with Gasteiger partial charge in [-0.05, 0) is 66.7 Å². The quantitative estimate of drug-likeness (QED) is 0.202. The standard InChI is InChI=1S/C32H30N4/c1-5-16-29(17-6-1)35(30-18-7-2-8-19-30)25-33-27-14-13-15-28(24-27)34-26-36(31-20-9-3-10-21-31)32-22-11-4-12-23-32/h1-24,33-34H,25-26H2. The predicted molar refractivity (Wildman–Crippen MR) is 153 cm³/mol. The number of hydrogen-bond donors (Lipinski definition) is 2. The van der Waals surface area contributed by atoms with E-state index < -0.39 is 0 Å². The second-order valence-electron chi connectivity index (χ2n) is 8.45. The number of nitrogens with one attached hydrogen (secondary N) is 2. The monoisotopic (exact) mass is 470 g/mol.